The smallest absolute Gasteiger partial charge is 0.191 e. The van der Waals surface area contributed by atoms with E-state index in [9.17, 15) is 0 Å². The van der Waals surface area contributed by atoms with Crippen molar-refractivity contribution in [2.75, 3.05) is 26.7 Å². The van der Waals surface area contributed by atoms with E-state index in [-0.39, 0.29) is 30.0 Å². The average molecular weight is 470 g/mol. The molecule has 6 heteroatoms. The van der Waals surface area contributed by atoms with E-state index in [1.807, 2.05) is 12.1 Å². The number of nitrogens with zero attached hydrogens (tertiary/aromatic N) is 2. The zero-order valence-electron chi connectivity index (χ0n) is 16.2. The zero-order valence-corrected chi connectivity index (χ0v) is 18.5. The Balaban J connectivity index is 0.00000338. The Morgan fingerprint density at radius 2 is 1.92 bits per heavy atom. The van der Waals surface area contributed by atoms with Crippen molar-refractivity contribution in [2.45, 2.75) is 33.4 Å². The van der Waals surface area contributed by atoms with Crippen LogP contribution in [0.5, 0.6) is 0 Å². The molecule has 0 aliphatic heterocycles. The lowest BCUT2D eigenvalue weighted by molar-refractivity contribution is 0.193. The van der Waals surface area contributed by atoms with Crippen molar-refractivity contribution in [3.8, 4) is 0 Å². The first-order chi connectivity index (χ1) is 12.2. The molecule has 26 heavy (non-hydrogen) atoms. The molecule has 1 unspecified atom stereocenters. The summed E-state index contributed by atoms with van der Waals surface area (Å²) in [7, 11) is 1.80. The molecule has 0 bridgehead atoms. The summed E-state index contributed by atoms with van der Waals surface area (Å²) in [6.07, 6.45) is 1.73. The lowest BCUT2D eigenvalue weighted by Crippen LogP contribution is -2.42. The SMILES string of the molecule is CCN(CC)C(CNC(=NC)NCc1cccc(C)c1)c1ccco1.I. The minimum absolute atomic E-state index is 0. The Hall–Kier alpha value is -1.54. The van der Waals surface area contributed by atoms with Gasteiger partial charge in [-0.1, -0.05) is 43.7 Å². The number of rotatable bonds is 8. The van der Waals surface area contributed by atoms with Crippen LogP contribution in [0.15, 0.2) is 52.1 Å². The van der Waals surface area contributed by atoms with E-state index in [4.69, 9.17) is 4.42 Å². The van der Waals surface area contributed by atoms with Gasteiger partial charge in [0.1, 0.15) is 5.76 Å². The molecule has 0 fully saturated rings. The molecule has 0 saturated heterocycles. The summed E-state index contributed by atoms with van der Waals surface area (Å²) in [5.74, 6) is 1.77. The van der Waals surface area contributed by atoms with E-state index in [0.717, 1.165) is 37.9 Å². The number of halogens is 1. The highest BCUT2D eigenvalue weighted by molar-refractivity contribution is 14.0. The predicted octanol–water partition coefficient (Wildman–Crippen LogP) is 3.95. The van der Waals surface area contributed by atoms with E-state index in [1.165, 1.54) is 11.1 Å². The minimum Gasteiger partial charge on any atom is -0.468 e. The van der Waals surface area contributed by atoms with Crippen LogP contribution in [0.25, 0.3) is 0 Å². The van der Waals surface area contributed by atoms with Crippen LogP contribution in [0.3, 0.4) is 0 Å². The second-order valence-electron chi connectivity index (χ2n) is 6.05. The molecule has 1 atom stereocenters. The van der Waals surface area contributed by atoms with Crippen molar-refractivity contribution >= 4 is 29.9 Å². The Morgan fingerprint density at radius 1 is 1.15 bits per heavy atom. The van der Waals surface area contributed by atoms with Gasteiger partial charge in [-0.05, 0) is 37.7 Å². The van der Waals surface area contributed by atoms with Gasteiger partial charge in [-0.15, -0.1) is 24.0 Å². The third-order valence-electron chi connectivity index (χ3n) is 4.35. The summed E-state index contributed by atoms with van der Waals surface area (Å²) in [6, 6.07) is 12.6. The zero-order chi connectivity index (χ0) is 18.1. The van der Waals surface area contributed by atoms with Crippen molar-refractivity contribution < 1.29 is 4.42 Å². The monoisotopic (exact) mass is 470 g/mol. The van der Waals surface area contributed by atoms with Crippen LogP contribution in [-0.4, -0.2) is 37.5 Å². The van der Waals surface area contributed by atoms with Crippen molar-refractivity contribution in [3.63, 3.8) is 0 Å². The molecule has 1 aromatic carbocycles. The molecule has 2 aromatic rings. The fourth-order valence-corrected chi connectivity index (χ4v) is 2.98. The number of benzene rings is 1. The lowest BCUT2D eigenvalue weighted by Gasteiger charge is -2.28. The van der Waals surface area contributed by atoms with Crippen LogP contribution >= 0.6 is 24.0 Å². The molecule has 5 nitrogen and oxygen atoms in total. The lowest BCUT2D eigenvalue weighted by atomic mass is 10.1. The second-order valence-corrected chi connectivity index (χ2v) is 6.05. The Morgan fingerprint density at radius 3 is 2.50 bits per heavy atom. The Labute approximate surface area is 174 Å². The third-order valence-corrected chi connectivity index (χ3v) is 4.35. The van der Waals surface area contributed by atoms with Gasteiger partial charge in [0.05, 0.1) is 12.3 Å². The molecule has 0 aliphatic rings. The largest absolute Gasteiger partial charge is 0.468 e. The Bertz CT molecular complexity index is 654. The van der Waals surface area contributed by atoms with E-state index < -0.39 is 0 Å². The number of aryl methyl sites for hydroxylation is 1. The first kappa shape index (κ1) is 22.5. The normalized spacial score (nSPS) is 12.6. The molecule has 2 rings (SSSR count). The molecule has 0 radical (unpaired) electrons. The van der Waals surface area contributed by atoms with Crippen LogP contribution in [0.2, 0.25) is 0 Å². The summed E-state index contributed by atoms with van der Waals surface area (Å²) >= 11 is 0. The molecule has 0 aliphatic carbocycles. The van der Waals surface area contributed by atoms with Gasteiger partial charge in [-0.25, -0.2) is 0 Å². The molecule has 0 saturated carbocycles. The maximum Gasteiger partial charge on any atom is 0.191 e. The summed E-state index contributed by atoms with van der Waals surface area (Å²) in [5, 5.41) is 6.81. The van der Waals surface area contributed by atoms with Gasteiger partial charge in [0.25, 0.3) is 0 Å². The number of likely N-dealkylation sites (N-methyl/N-ethyl adjacent to an activating group) is 1. The number of guanidine groups is 1. The highest BCUT2D eigenvalue weighted by atomic mass is 127. The van der Waals surface area contributed by atoms with Gasteiger partial charge in [0, 0.05) is 20.1 Å². The van der Waals surface area contributed by atoms with Crippen LogP contribution in [0.4, 0.5) is 0 Å². The standard InChI is InChI=1S/C20H30N4O.HI/c1-5-24(6-2)18(19-11-8-12-25-19)15-23-20(21-4)22-14-17-10-7-9-16(3)13-17;/h7-13,18H,5-6,14-15H2,1-4H3,(H2,21,22,23);1H. The van der Waals surface area contributed by atoms with Crippen LogP contribution in [0.1, 0.15) is 36.8 Å². The van der Waals surface area contributed by atoms with Gasteiger partial charge in [-0.3, -0.25) is 9.89 Å². The number of aliphatic imine (C=N–C) groups is 1. The van der Waals surface area contributed by atoms with Gasteiger partial charge in [0.2, 0.25) is 0 Å². The van der Waals surface area contributed by atoms with Gasteiger partial charge < -0.3 is 15.1 Å². The summed E-state index contributed by atoms with van der Waals surface area (Å²) in [4.78, 5) is 6.71. The van der Waals surface area contributed by atoms with E-state index in [1.54, 1.807) is 13.3 Å². The van der Waals surface area contributed by atoms with Crippen molar-refractivity contribution in [1.29, 1.82) is 0 Å². The summed E-state index contributed by atoms with van der Waals surface area (Å²) in [6.45, 7) is 9.88. The molecule has 1 heterocycles. The topological polar surface area (TPSA) is 52.8 Å². The number of hydrogen-bond acceptors (Lipinski definition) is 3. The van der Waals surface area contributed by atoms with Gasteiger partial charge in [-0.2, -0.15) is 0 Å². The molecular formula is C20H31IN4O. The average Bonchev–Trinajstić information content (AvgIpc) is 3.15. The highest BCUT2D eigenvalue weighted by Crippen LogP contribution is 2.20. The predicted molar refractivity (Wildman–Crippen MR) is 119 cm³/mol. The number of nitrogens with one attached hydrogen (secondary N) is 2. The molecule has 1 aromatic heterocycles. The van der Waals surface area contributed by atoms with E-state index in [2.05, 4.69) is 65.6 Å². The Kier molecular flexibility index (Phi) is 10.3. The molecule has 2 N–H and O–H groups in total. The minimum atomic E-state index is 0. The number of hydrogen-bond donors (Lipinski definition) is 2. The van der Waals surface area contributed by atoms with E-state index in [0.29, 0.717) is 0 Å². The molecule has 0 spiro atoms. The van der Waals surface area contributed by atoms with E-state index >= 15 is 0 Å². The second kappa shape index (κ2) is 12.0. The fourth-order valence-electron chi connectivity index (χ4n) is 2.98. The van der Waals surface area contributed by atoms with Gasteiger partial charge in [0.15, 0.2) is 5.96 Å². The first-order valence-corrected chi connectivity index (χ1v) is 8.95. The van der Waals surface area contributed by atoms with Crippen LogP contribution < -0.4 is 10.6 Å². The van der Waals surface area contributed by atoms with Crippen molar-refractivity contribution in [3.05, 3.63) is 59.5 Å². The quantitative estimate of drug-likeness (QED) is 0.349. The van der Waals surface area contributed by atoms with Crippen molar-refractivity contribution in [2.24, 2.45) is 4.99 Å². The van der Waals surface area contributed by atoms with Crippen molar-refractivity contribution in [1.82, 2.24) is 15.5 Å². The first-order valence-electron chi connectivity index (χ1n) is 8.95. The molecule has 0 amide bonds. The van der Waals surface area contributed by atoms with Gasteiger partial charge >= 0.3 is 0 Å². The summed E-state index contributed by atoms with van der Waals surface area (Å²) < 4.78 is 5.65. The highest BCUT2D eigenvalue weighted by Gasteiger charge is 2.20. The number of furan rings is 1. The maximum absolute atomic E-state index is 5.65. The molecule has 144 valence electrons. The van der Waals surface area contributed by atoms with Crippen LogP contribution in [0, 0.1) is 6.92 Å². The third kappa shape index (κ3) is 6.64. The van der Waals surface area contributed by atoms with Crippen LogP contribution in [-0.2, 0) is 6.54 Å². The maximum atomic E-state index is 5.65. The summed E-state index contributed by atoms with van der Waals surface area (Å²) in [5.41, 5.74) is 2.51. The fraction of sp³-hybridized carbons (Fsp3) is 0.450. The molecular weight excluding hydrogens is 439 g/mol.